The number of aryl methyl sites for hydroxylation is 1. The molecule has 3 rings (SSSR count). The lowest BCUT2D eigenvalue weighted by Crippen LogP contribution is -2.28. The average Bonchev–Trinajstić information content (AvgIpc) is 2.65. The van der Waals surface area contributed by atoms with Crippen molar-refractivity contribution in [3.05, 3.63) is 77.5 Å². The van der Waals surface area contributed by atoms with E-state index in [0.717, 1.165) is 36.1 Å². The summed E-state index contributed by atoms with van der Waals surface area (Å²) in [5, 5.41) is 3.94. The third kappa shape index (κ3) is 4.67. The van der Waals surface area contributed by atoms with Gasteiger partial charge in [0.15, 0.2) is 0 Å². The van der Waals surface area contributed by atoms with E-state index in [2.05, 4.69) is 46.5 Å². The van der Waals surface area contributed by atoms with Gasteiger partial charge in [-0.15, -0.1) is 0 Å². The van der Waals surface area contributed by atoms with Crippen molar-refractivity contribution in [1.29, 1.82) is 0 Å². The average molecular weight is 347 g/mol. The van der Waals surface area contributed by atoms with E-state index in [-0.39, 0.29) is 5.91 Å². The maximum absolute atomic E-state index is 12.6. The van der Waals surface area contributed by atoms with Crippen molar-refractivity contribution in [2.45, 2.75) is 19.9 Å². The summed E-state index contributed by atoms with van der Waals surface area (Å²) in [6.45, 7) is 4.43. The van der Waals surface area contributed by atoms with Gasteiger partial charge in [-0.1, -0.05) is 48.5 Å². The van der Waals surface area contributed by atoms with Crippen molar-refractivity contribution >= 4 is 16.8 Å². The summed E-state index contributed by atoms with van der Waals surface area (Å²) in [7, 11) is 2.11. The fourth-order valence-corrected chi connectivity index (χ4v) is 3.12. The van der Waals surface area contributed by atoms with Crippen LogP contribution in [-0.2, 0) is 6.54 Å². The highest BCUT2D eigenvalue weighted by Gasteiger charge is 2.11. The molecule has 0 fully saturated rings. The van der Waals surface area contributed by atoms with Gasteiger partial charge >= 0.3 is 0 Å². The minimum atomic E-state index is -0.0302. The van der Waals surface area contributed by atoms with Crippen LogP contribution < -0.4 is 5.32 Å². The summed E-state index contributed by atoms with van der Waals surface area (Å²) in [5.41, 5.74) is 3.72. The quantitative estimate of drug-likeness (QED) is 0.661. The van der Waals surface area contributed by atoms with Gasteiger partial charge in [0.2, 0.25) is 0 Å². The van der Waals surface area contributed by atoms with Gasteiger partial charge in [-0.05, 0) is 44.6 Å². The third-order valence-corrected chi connectivity index (χ3v) is 4.39. The number of hydrogen-bond donors (Lipinski definition) is 1. The Kier molecular flexibility index (Phi) is 5.97. The number of fused-ring (bicyclic) bond motifs is 1. The van der Waals surface area contributed by atoms with Gasteiger partial charge < -0.3 is 10.2 Å². The zero-order valence-electron chi connectivity index (χ0n) is 15.4. The summed E-state index contributed by atoms with van der Waals surface area (Å²) in [6, 6.07) is 20.1. The molecule has 2 aromatic carbocycles. The number of benzene rings is 2. The minimum absolute atomic E-state index is 0.0302. The number of nitrogens with zero attached hydrogens (tertiary/aromatic N) is 2. The Bertz CT molecular complexity index is 877. The molecule has 1 heterocycles. The summed E-state index contributed by atoms with van der Waals surface area (Å²) in [4.78, 5) is 19.4. The van der Waals surface area contributed by atoms with Gasteiger partial charge in [-0.2, -0.15) is 0 Å². The number of carbonyl (C=O) groups is 1. The van der Waals surface area contributed by atoms with Crippen molar-refractivity contribution in [2.24, 2.45) is 0 Å². The van der Waals surface area contributed by atoms with E-state index in [1.54, 1.807) is 0 Å². The van der Waals surface area contributed by atoms with Gasteiger partial charge in [-0.3, -0.25) is 9.78 Å². The number of rotatable bonds is 7. The van der Waals surface area contributed by atoms with Crippen molar-refractivity contribution < 1.29 is 4.79 Å². The molecule has 0 unspecified atom stereocenters. The fraction of sp³-hybridized carbons (Fsp3) is 0.273. The Morgan fingerprint density at radius 3 is 2.62 bits per heavy atom. The molecule has 0 aliphatic rings. The molecule has 1 N–H and O–H groups in total. The van der Waals surface area contributed by atoms with Crippen LogP contribution in [0.3, 0.4) is 0 Å². The van der Waals surface area contributed by atoms with Crippen LogP contribution in [0.5, 0.6) is 0 Å². The van der Waals surface area contributed by atoms with Crippen LogP contribution >= 0.6 is 0 Å². The summed E-state index contributed by atoms with van der Waals surface area (Å²) < 4.78 is 0. The van der Waals surface area contributed by atoms with Crippen LogP contribution in [0.2, 0.25) is 0 Å². The molecule has 4 nitrogen and oxygen atoms in total. The lowest BCUT2D eigenvalue weighted by molar-refractivity contribution is 0.0953. The lowest BCUT2D eigenvalue weighted by Gasteiger charge is -2.17. The Balaban J connectivity index is 1.52. The fourth-order valence-electron chi connectivity index (χ4n) is 3.12. The number of aromatic nitrogens is 1. The Hall–Kier alpha value is -2.72. The van der Waals surface area contributed by atoms with Crippen molar-refractivity contribution in [3.8, 4) is 0 Å². The second-order valence-corrected chi connectivity index (χ2v) is 6.66. The number of nitrogens with one attached hydrogen (secondary N) is 1. The van der Waals surface area contributed by atoms with E-state index in [4.69, 9.17) is 0 Å². The van der Waals surface area contributed by atoms with Gasteiger partial charge in [0.1, 0.15) is 0 Å². The van der Waals surface area contributed by atoms with Crippen LogP contribution in [0.15, 0.2) is 60.7 Å². The summed E-state index contributed by atoms with van der Waals surface area (Å²) >= 11 is 0. The highest BCUT2D eigenvalue weighted by atomic mass is 16.1. The van der Waals surface area contributed by atoms with Crippen LogP contribution in [-0.4, -0.2) is 35.9 Å². The molecule has 0 saturated heterocycles. The Labute approximate surface area is 154 Å². The van der Waals surface area contributed by atoms with Crippen LogP contribution in [0.25, 0.3) is 10.9 Å². The van der Waals surface area contributed by atoms with Crippen molar-refractivity contribution in [1.82, 2.24) is 15.2 Å². The maximum Gasteiger partial charge on any atom is 0.252 e. The van der Waals surface area contributed by atoms with E-state index in [1.165, 1.54) is 5.56 Å². The smallest absolute Gasteiger partial charge is 0.252 e. The number of para-hydroxylation sites is 1. The summed E-state index contributed by atoms with van der Waals surface area (Å²) in [5.74, 6) is -0.0302. The molecule has 0 bridgehead atoms. The zero-order valence-corrected chi connectivity index (χ0v) is 15.4. The number of amides is 1. The van der Waals surface area contributed by atoms with Gasteiger partial charge in [0, 0.05) is 24.2 Å². The summed E-state index contributed by atoms with van der Waals surface area (Å²) in [6.07, 6.45) is 0.914. The van der Waals surface area contributed by atoms with Gasteiger partial charge in [0.25, 0.3) is 5.91 Å². The molecule has 0 radical (unpaired) electrons. The molecule has 1 aromatic heterocycles. The minimum Gasteiger partial charge on any atom is -0.352 e. The van der Waals surface area contributed by atoms with E-state index in [1.807, 2.05) is 43.3 Å². The van der Waals surface area contributed by atoms with Gasteiger partial charge in [0.05, 0.1) is 11.1 Å². The molecule has 4 heteroatoms. The molecule has 0 atom stereocenters. The number of hydrogen-bond acceptors (Lipinski definition) is 3. The molecule has 0 aliphatic carbocycles. The molecule has 26 heavy (non-hydrogen) atoms. The van der Waals surface area contributed by atoms with E-state index in [9.17, 15) is 4.79 Å². The highest BCUT2D eigenvalue weighted by molar-refractivity contribution is 6.06. The van der Waals surface area contributed by atoms with Crippen molar-refractivity contribution in [2.75, 3.05) is 20.1 Å². The number of pyridine rings is 1. The molecule has 134 valence electrons. The number of carbonyl (C=O) groups excluding carboxylic acids is 1. The molecular formula is C22H25N3O. The van der Waals surface area contributed by atoms with Gasteiger partial charge in [-0.25, -0.2) is 0 Å². The van der Waals surface area contributed by atoms with Crippen LogP contribution in [0.1, 0.15) is 28.0 Å². The monoisotopic (exact) mass is 347 g/mol. The third-order valence-electron chi connectivity index (χ3n) is 4.39. The topological polar surface area (TPSA) is 45.2 Å². The zero-order chi connectivity index (χ0) is 18.4. The van der Waals surface area contributed by atoms with E-state index >= 15 is 0 Å². The first-order valence-corrected chi connectivity index (χ1v) is 9.00. The van der Waals surface area contributed by atoms with Crippen LogP contribution in [0.4, 0.5) is 0 Å². The first-order chi connectivity index (χ1) is 12.6. The second-order valence-electron chi connectivity index (χ2n) is 6.66. The molecule has 1 amide bonds. The highest BCUT2D eigenvalue weighted by Crippen LogP contribution is 2.18. The molecule has 3 aromatic rings. The molecule has 0 aliphatic heterocycles. The Morgan fingerprint density at radius 1 is 1.08 bits per heavy atom. The SMILES string of the molecule is Cc1cc(C(=O)NCCCN(C)Cc2ccccc2)c2ccccc2n1. The predicted octanol–water partition coefficient (Wildman–Crippen LogP) is 3.80. The molecule has 0 saturated carbocycles. The first-order valence-electron chi connectivity index (χ1n) is 9.00. The second kappa shape index (κ2) is 8.59. The van der Waals surface area contributed by atoms with E-state index < -0.39 is 0 Å². The van der Waals surface area contributed by atoms with Crippen LogP contribution in [0, 0.1) is 6.92 Å². The Morgan fingerprint density at radius 2 is 1.81 bits per heavy atom. The predicted molar refractivity (Wildman–Crippen MR) is 106 cm³/mol. The standard InChI is InChI=1S/C22H25N3O/c1-17-15-20(19-11-6-7-12-21(19)24-17)22(26)23-13-8-14-25(2)16-18-9-4-3-5-10-18/h3-7,9-12,15H,8,13-14,16H2,1-2H3,(H,23,26). The first kappa shape index (κ1) is 18.1. The largest absolute Gasteiger partial charge is 0.352 e. The lowest BCUT2D eigenvalue weighted by atomic mass is 10.1. The van der Waals surface area contributed by atoms with Crippen molar-refractivity contribution in [3.63, 3.8) is 0 Å². The molecular weight excluding hydrogens is 322 g/mol. The normalized spacial score (nSPS) is 11.0. The molecule has 0 spiro atoms. The van der Waals surface area contributed by atoms with E-state index in [0.29, 0.717) is 12.1 Å². The maximum atomic E-state index is 12.6.